The van der Waals surface area contributed by atoms with Crippen molar-refractivity contribution in [1.82, 2.24) is 10.2 Å². The topological polar surface area (TPSA) is 69.3 Å². The largest absolute Gasteiger partial charge is 4.00 e. The minimum Gasteiger partial charge on any atom is -0.665 e. The zero-order valence-electron chi connectivity index (χ0n) is 15.4. The van der Waals surface area contributed by atoms with E-state index in [1.54, 1.807) is 21.1 Å². The van der Waals surface area contributed by atoms with Crippen molar-refractivity contribution in [3.63, 3.8) is 0 Å². The van der Waals surface area contributed by atoms with Crippen LogP contribution in [0.2, 0.25) is 0 Å². The summed E-state index contributed by atoms with van der Waals surface area (Å²) in [5.74, 6) is 0. The van der Waals surface area contributed by atoms with Gasteiger partial charge in [0.1, 0.15) is 0 Å². The van der Waals surface area contributed by atoms with Crippen LogP contribution in [-0.2, 0) is 21.7 Å². The number of hydrogen-bond acceptors (Lipinski definition) is 1. The van der Waals surface area contributed by atoms with Crippen molar-refractivity contribution in [2.75, 3.05) is 40.8 Å². The van der Waals surface area contributed by atoms with Crippen LogP contribution < -0.4 is 5.10 Å². The second kappa shape index (κ2) is 24.8. The average molecular weight is 331 g/mol. The molecule has 0 saturated heterocycles. The molecule has 1 heterocycles. The van der Waals surface area contributed by atoms with Crippen molar-refractivity contribution >= 4 is 0 Å². The quantitative estimate of drug-likeness (QED) is 0.786. The van der Waals surface area contributed by atoms with Crippen LogP contribution in [0.5, 0.6) is 0 Å². The van der Waals surface area contributed by atoms with Gasteiger partial charge < -0.3 is 26.1 Å². The van der Waals surface area contributed by atoms with Crippen LogP contribution >= 0.6 is 0 Å². The van der Waals surface area contributed by atoms with Gasteiger partial charge in [0, 0.05) is 5.69 Å². The van der Waals surface area contributed by atoms with Gasteiger partial charge in [-0.3, -0.25) is 0 Å². The van der Waals surface area contributed by atoms with E-state index < -0.39 is 0 Å². The molecular formula is C15H33N5Ti. The molecule has 0 aromatic carbocycles. The predicted octanol–water partition coefficient (Wildman–Crippen LogP) is 3.99. The van der Waals surface area contributed by atoms with E-state index in [0.29, 0.717) is 0 Å². The van der Waals surface area contributed by atoms with Gasteiger partial charge in [-0.05, 0) is 19.4 Å². The summed E-state index contributed by atoms with van der Waals surface area (Å²) in [5.41, 5.74) is 3.30. The molecule has 6 heteroatoms. The molecule has 5 nitrogen and oxygen atoms in total. The minimum absolute atomic E-state index is 0. The van der Waals surface area contributed by atoms with Gasteiger partial charge in [-0.25, -0.2) is 0 Å². The molecular weight excluding hydrogens is 298 g/mol. The molecule has 0 aliphatic carbocycles. The van der Waals surface area contributed by atoms with Crippen molar-refractivity contribution in [2.24, 2.45) is 0 Å². The SMILES string of the molecule is CC[N-]C.CC[N-]C.CC[N-]C.Cc1n[n-]c(C)c1C.[Ti+4]. The maximum atomic E-state index is 3.87. The van der Waals surface area contributed by atoms with Crippen LogP contribution in [0.15, 0.2) is 0 Å². The Morgan fingerprint density at radius 2 is 1.10 bits per heavy atom. The van der Waals surface area contributed by atoms with Gasteiger partial charge in [0.25, 0.3) is 0 Å². The van der Waals surface area contributed by atoms with E-state index in [2.05, 4.69) is 26.1 Å². The molecule has 0 fully saturated rings. The van der Waals surface area contributed by atoms with E-state index in [4.69, 9.17) is 0 Å². The Morgan fingerprint density at radius 3 is 1.14 bits per heavy atom. The van der Waals surface area contributed by atoms with Crippen LogP contribution in [0.3, 0.4) is 0 Å². The molecule has 1 rings (SSSR count). The first kappa shape index (κ1) is 28.9. The summed E-state index contributed by atoms with van der Waals surface area (Å²) in [6.45, 7) is 14.8. The van der Waals surface area contributed by atoms with Crippen LogP contribution in [0.1, 0.15) is 37.7 Å². The number of aromatic nitrogens is 2. The molecule has 21 heavy (non-hydrogen) atoms. The first-order valence-corrected chi connectivity index (χ1v) is 7.06. The Bertz CT molecular complexity index is 242. The van der Waals surface area contributed by atoms with E-state index >= 15 is 0 Å². The summed E-state index contributed by atoms with van der Waals surface area (Å²) in [6.07, 6.45) is 0. The number of hydrogen-bond donors (Lipinski definition) is 0. The van der Waals surface area contributed by atoms with Gasteiger partial charge in [-0.2, -0.15) is 40.8 Å². The molecule has 0 unspecified atom stereocenters. The van der Waals surface area contributed by atoms with Gasteiger partial charge in [-0.1, -0.05) is 27.7 Å². The first-order chi connectivity index (χ1) is 9.46. The van der Waals surface area contributed by atoms with E-state index in [1.807, 2.05) is 41.5 Å². The van der Waals surface area contributed by atoms with Crippen molar-refractivity contribution < 1.29 is 21.7 Å². The maximum absolute atomic E-state index is 3.87. The van der Waals surface area contributed by atoms with Gasteiger partial charge in [0.05, 0.1) is 0 Å². The predicted molar refractivity (Wildman–Crippen MR) is 91.2 cm³/mol. The molecule has 0 N–H and O–H groups in total. The van der Waals surface area contributed by atoms with Crippen molar-refractivity contribution in [3.8, 4) is 0 Å². The Hall–Kier alpha value is -0.196. The Morgan fingerprint density at radius 1 is 0.810 bits per heavy atom. The summed E-state index contributed by atoms with van der Waals surface area (Å²) in [5, 5.41) is 18.9. The van der Waals surface area contributed by atoms with E-state index in [1.165, 1.54) is 5.56 Å². The van der Waals surface area contributed by atoms with Crippen molar-refractivity contribution in [3.05, 3.63) is 32.9 Å². The molecule has 0 saturated carbocycles. The molecule has 0 aliphatic rings. The van der Waals surface area contributed by atoms with Crippen LogP contribution in [0.4, 0.5) is 0 Å². The van der Waals surface area contributed by atoms with Crippen molar-refractivity contribution in [2.45, 2.75) is 41.5 Å². The molecule has 1 aromatic rings. The maximum Gasteiger partial charge on any atom is 4.00 e. The molecule has 0 radical (unpaired) electrons. The standard InChI is InChI=1S/C6H9N2.3C3H8N.Ti/c1-4-5(2)7-8-6(4)3;3*1-3-4-2;/h1-3H3;3*3H2,1-2H3;/q4*-1;+4. The monoisotopic (exact) mass is 331 g/mol. The summed E-state index contributed by atoms with van der Waals surface area (Å²) in [6, 6.07) is 0. The molecule has 122 valence electrons. The first-order valence-electron chi connectivity index (χ1n) is 7.06. The van der Waals surface area contributed by atoms with E-state index in [0.717, 1.165) is 31.0 Å². The molecule has 0 amide bonds. The summed E-state index contributed by atoms with van der Waals surface area (Å²) < 4.78 is 0. The second-order valence-electron chi connectivity index (χ2n) is 3.89. The van der Waals surface area contributed by atoms with Crippen LogP contribution in [0, 0.1) is 20.8 Å². The summed E-state index contributed by atoms with van der Waals surface area (Å²) in [4.78, 5) is 0. The zero-order chi connectivity index (χ0) is 16.4. The normalized spacial score (nSPS) is 8.05. The summed E-state index contributed by atoms with van der Waals surface area (Å²) >= 11 is 0. The van der Waals surface area contributed by atoms with Gasteiger partial charge in [-0.15, -0.1) is 5.69 Å². The van der Waals surface area contributed by atoms with Crippen LogP contribution in [-0.4, -0.2) is 45.9 Å². The fourth-order valence-electron chi connectivity index (χ4n) is 0.562. The minimum atomic E-state index is 0. The van der Waals surface area contributed by atoms with Crippen LogP contribution in [0.25, 0.3) is 16.0 Å². The molecule has 0 spiro atoms. The summed E-state index contributed by atoms with van der Waals surface area (Å²) in [7, 11) is 5.42. The van der Waals surface area contributed by atoms with E-state index in [-0.39, 0.29) is 21.7 Å². The zero-order valence-corrected chi connectivity index (χ0v) is 16.9. The van der Waals surface area contributed by atoms with E-state index in [9.17, 15) is 0 Å². The Balaban J connectivity index is -0.0000000973. The number of rotatable bonds is 3. The smallest absolute Gasteiger partial charge is 0.665 e. The van der Waals surface area contributed by atoms with Crippen molar-refractivity contribution in [1.29, 1.82) is 0 Å². The Kier molecular flexibility index (Phi) is 34.1. The average Bonchev–Trinajstić information content (AvgIpc) is 2.79. The second-order valence-corrected chi connectivity index (χ2v) is 3.89. The third-order valence-corrected chi connectivity index (χ3v) is 2.38. The third-order valence-electron chi connectivity index (χ3n) is 2.38. The Labute approximate surface area is 147 Å². The number of nitrogens with zero attached hydrogens (tertiary/aromatic N) is 5. The van der Waals surface area contributed by atoms with Gasteiger partial charge in [0.15, 0.2) is 0 Å². The van der Waals surface area contributed by atoms with Gasteiger partial charge in [0.2, 0.25) is 0 Å². The fraction of sp³-hybridized carbons (Fsp3) is 0.800. The molecule has 0 atom stereocenters. The van der Waals surface area contributed by atoms with Gasteiger partial charge >= 0.3 is 21.7 Å². The third kappa shape index (κ3) is 25.1. The molecule has 1 aromatic heterocycles. The fourth-order valence-corrected chi connectivity index (χ4v) is 0.562. The molecule has 0 aliphatic heterocycles. The molecule has 0 bridgehead atoms. The number of aryl methyl sites for hydroxylation is 2.